The minimum atomic E-state index is 0. The molecule has 0 spiro atoms. The fourth-order valence-corrected chi connectivity index (χ4v) is 5.54. The maximum Gasteiger partial charge on any atom is 0.115 e. The highest BCUT2D eigenvalue weighted by Gasteiger charge is 2.41. The molecule has 0 aliphatic carbocycles. The normalized spacial score (nSPS) is 12.3. The van der Waals surface area contributed by atoms with Crippen molar-refractivity contribution in [2.75, 3.05) is 81.8 Å². The summed E-state index contributed by atoms with van der Waals surface area (Å²) in [5.41, 5.74) is 0.0524. The van der Waals surface area contributed by atoms with Crippen molar-refractivity contribution in [3.63, 3.8) is 0 Å². The van der Waals surface area contributed by atoms with E-state index in [1.165, 1.54) is 103 Å². The summed E-state index contributed by atoms with van der Waals surface area (Å²) in [6.07, 6.45) is 21.6. The smallest absolute Gasteiger partial charge is 0.115 e. The lowest BCUT2D eigenvalue weighted by atomic mass is 9.87. The second-order valence-corrected chi connectivity index (χ2v) is 13.5. The topological polar surface area (TPSA) is 18.5 Å². The van der Waals surface area contributed by atoms with E-state index in [1.807, 2.05) is 0 Å². The van der Waals surface area contributed by atoms with Gasteiger partial charge in [0.25, 0.3) is 0 Å². The van der Waals surface area contributed by atoms with Crippen LogP contribution < -0.4 is 48.0 Å². The molecule has 0 aliphatic heterocycles. The third kappa shape index (κ3) is 30.1. The number of quaternary nitrogens is 2. The van der Waals surface area contributed by atoms with Crippen LogP contribution in [0.2, 0.25) is 0 Å². The third-order valence-electron chi connectivity index (χ3n) is 6.72. The monoisotopic (exact) mass is 754 g/mol. The van der Waals surface area contributed by atoms with Crippen molar-refractivity contribution in [1.82, 2.24) is 0 Å². The SMILES string of the molecule is CCCCCCCCCCOCC(COCCCCCCCCCC)(C[N+](C)(C)C)C[N+](C)(C)C.[I-].[I-]. The summed E-state index contributed by atoms with van der Waals surface area (Å²) in [5, 5.41) is 0. The molecule has 0 aromatic carbocycles. The van der Waals surface area contributed by atoms with Crippen LogP contribution in [0.25, 0.3) is 0 Å². The third-order valence-corrected chi connectivity index (χ3v) is 6.72. The number of hydrogen-bond acceptors (Lipinski definition) is 2. The highest BCUT2D eigenvalue weighted by atomic mass is 127. The molecule has 0 fully saturated rings. The number of ether oxygens (including phenoxy) is 2. The molecule has 0 radical (unpaired) electrons. The Balaban J connectivity index is -0.00000578. The summed E-state index contributed by atoms with van der Waals surface area (Å²) in [4.78, 5) is 0. The van der Waals surface area contributed by atoms with Crippen LogP contribution in [0.5, 0.6) is 0 Å². The van der Waals surface area contributed by atoms with Gasteiger partial charge >= 0.3 is 0 Å². The van der Waals surface area contributed by atoms with Gasteiger partial charge in [-0.05, 0) is 12.8 Å². The molecule has 0 saturated carbocycles. The Morgan fingerprint density at radius 1 is 0.432 bits per heavy atom. The minimum absolute atomic E-state index is 0. The van der Waals surface area contributed by atoms with Crippen molar-refractivity contribution in [1.29, 1.82) is 0 Å². The van der Waals surface area contributed by atoms with E-state index in [1.54, 1.807) is 0 Å². The number of rotatable bonds is 26. The molecule has 0 saturated heterocycles. The highest BCUT2D eigenvalue weighted by molar-refractivity contribution is 4.79. The lowest BCUT2D eigenvalue weighted by Crippen LogP contribution is -3.00. The first kappa shape index (κ1) is 42.8. The maximum atomic E-state index is 6.38. The zero-order valence-electron chi connectivity index (χ0n) is 26.5. The zero-order valence-corrected chi connectivity index (χ0v) is 30.8. The molecule has 0 aromatic rings. The van der Waals surface area contributed by atoms with Crippen molar-refractivity contribution in [3.8, 4) is 0 Å². The Kier molecular flexibility index (Phi) is 30.3. The molecule has 0 aliphatic rings. The van der Waals surface area contributed by atoms with Crippen molar-refractivity contribution < 1.29 is 66.4 Å². The van der Waals surface area contributed by atoms with E-state index in [0.717, 1.165) is 48.5 Å². The van der Waals surface area contributed by atoms with E-state index >= 15 is 0 Å². The first-order valence-electron chi connectivity index (χ1n) is 15.3. The average Bonchev–Trinajstić information content (AvgIpc) is 2.74. The van der Waals surface area contributed by atoms with E-state index in [4.69, 9.17) is 9.47 Å². The van der Waals surface area contributed by atoms with Crippen LogP contribution in [0.4, 0.5) is 0 Å². The molecule has 228 valence electrons. The number of nitrogens with zero attached hydrogens (tertiary/aromatic N) is 2. The van der Waals surface area contributed by atoms with Crippen LogP contribution in [0.3, 0.4) is 0 Å². The Labute approximate surface area is 268 Å². The Morgan fingerprint density at radius 2 is 0.703 bits per heavy atom. The molecule has 37 heavy (non-hydrogen) atoms. The average molecular weight is 755 g/mol. The first-order valence-corrected chi connectivity index (χ1v) is 15.3. The summed E-state index contributed by atoms with van der Waals surface area (Å²) >= 11 is 0. The van der Waals surface area contributed by atoms with E-state index in [-0.39, 0.29) is 53.4 Å². The maximum absolute atomic E-state index is 6.38. The first-order chi connectivity index (χ1) is 16.5. The van der Waals surface area contributed by atoms with Crippen LogP contribution in [-0.2, 0) is 9.47 Å². The van der Waals surface area contributed by atoms with E-state index in [0.29, 0.717) is 0 Å². The molecule has 0 aromatic heterocycles. The second kappa shape index (κ2) is 26.2. The largest absolute Gasteiger partial charge is 1.00 e. The van der Waals surface area contributed by atoms with Crippen molar-refractivity contribution >= 4 is 0 Å². The van der Waals surface area contributed by atoms with Gasteiger partial charge in [0.15, 0.2) is 0 Å². The van der Waals surface area contributed by atoms with Gasteiger partial charge in [0.1, 0.15) is 5.41 Å². The molecule has 0 heterocycles. The summed E-state index contributed by atoms with van der Waals surface area (Å²) in [6, 6.07) is 0. The molecule has 0 atom stereocenters. The van der Waals surface area contributed by atoms with Crippen LogP contribution in [0.15, 0.2) is 0 Å². The van der Waals surface area contributed by atoms with E-state index in [2.05, 4.69) is 56.1 Å². The standard InChI is InChI=1S/C31H68N2O2.2HI/c1-9-11-13-15-17-19-21-23-25-34-29-31(27-32(3,4)5,28-33(6,7)8)30-35-26-24-22-20-18-16-14-12-10-2;;/h9-30H2,1-8H3;2*1H/q+2;;/p-2. The number of unbranched alkanes of at least 4 members (excludes halogenated alkanes) is 14. The van der Waals surface area contributed by atoms with Gasteiger partial charge in [-0.15, -0.1) is 0 Å². The molecule has 4 nitrogen and oxygen atoms in total. The van der Waals surface area contributed by atoms with Gasteiger partial charge in [0, 0.05) is 13.2 Å². The van der Waals surface area contributed by atoms with Crippen molar-refractivity contribution in [3.05, 3.63) is 0 Å². The quantitative estimate of drug-likeness (QED) is 0.0762. The molecule has 0 unspecified atom stereocenters. The van der Waals surface area contributed by atoms with Gasteiger partial charge in [-0.25, -0.2) is 0 Å². The van der Waals surface area contributed by atoms with Crippen LogP contribution in [0, 0.1) is 5.41 Å². The fourth-order valence-electron chi connectivity index (χ4n) is 5.54. The Morgan fingerprint density at radius 3 is 0.973 bits per heavy atom. The highest BCUT2D eigenvalue weighted by Crippen LogP contribution is 2.26. The van der Waals surface area contributed by atoms with Crippen LogP contribution in [0.1, 0.15) is 117 Å². The molecule has 0 bridgehead atoms. The fraction of sp³-hybridized carbons (Fsp3) is 1.00. The van der Waals surface area contributed by atoms with Gasteiger partial charge in [0.05, 0.1) is 68.6 Å². The zero-order chi connectivity index (χ0) is 26.5. The second-order valence-electron chi connectivity index (χ2n) is 13.5. The number of hydrogen-bond donors (Lipinski definition) is 0. The molecular weight excluding hydrogens is 686 g/mol. The van der Waals surface area contributed by atoms with E-state index in [9.17, 15) is 0 Å². The summed E-state index contributed by atoms with van der Waals surface area (Å²) in [5.74, 6) is 0. The molecule has 0 rings (SSSR count). The van der Waals surface area contributed by atoms with E-state index < -0.39 is 0 Å². The molecular formula is C31H68I2N2O2. The molecule has 6 heteroatoms. The minimum Gasteiger partial charge on any atom is -1.00 e. The van der Waals surface area contributed by atoms with Gasteiger partial charge in [0.2, 0.25) is 0 Å². The summed E-state index contributed by atoms with van der Waals surface area (Å²) in [6.45, 7) is 10.1. The van der Waals surface area contributed by atoms with Gasteiger partial charge in [-0.1, -0.05) is 104 Å². The lowest BCUT2D eigenvalue weighted by molar-refractivity contribution is -0.903. The van der Waals surface area contributed by atoms with Crippen molar-refractivity contribution in [2.24, 2.45) is 5.41 Å². The van der Waals surface area contributed by atoms with Crippen LogP contribution >= 0.6 is 0 Å². The summed E-state index contributed by atoms with van der Waals surface area (Å²) in [7, 11) is 13.8. The van der Waals surface area contributed by atoms with Gasteiger partial charge < -0.3 is 66.4 Å². The predicted octanol–water partition coefficient (Wildman–Crippen LogP) is 1.71. The molecule has 0 N–H and O–H groups in total. The van der Waals surface area contributed by atoms with Gasteiger partial charge in [-0.3, -0.25) is 0 Å². The molecule has 0 amide bonds. The summed E-state index contributed by atoms with van der Waals surface area (Å²) < 4.78 is 14.7. The van der Waals surface area contributed by atoms with Crippen LogP contribution in [-0.4, -0.2) is 90.8 Å². The predicted molar refractivity (Wildman–Crippen MR) is 155 cm³/mol. The van der Waals surface area contributed by atoms with Gasteiger partial charge in [-0.2, -0.15) is 0 Å². The Bertz CT molecular complexity index is 423. The Hall–Kier alpha value is 1.30. The van der Waals surface area contributed by atoms with Crippen molar-refractivity contribution in [2.45, 2.75) is 117 Å². The lowest BCUT2D eigenvalue weighted by Gasteiger charge is -2.42. The number of halogens is 2.